The third kappa shape index (κ3) is 3.39. The first-order chi connectivity index (χ1) is 5.63. The molecule has 3 N–H and O–H groups in total. The first-order valence-corrected chi connectivity index (χ1v) is 3.86. The summed E-state index contributed by atoms with van der Waals surface area (Å²) in [7, 11) is 0. The van der Waals surface area contributed by atoms with Gasteiger partial charge in [0, 0.05) is 18.7 Å². The lowest BCUT2D eigenvalue weighted by atomic mass is 10.2. The zero-order valence-electron chi connectivity index (χ0n) is 7.46. The van der Waals surface area contributed by atoms with Gasteiger partial charge in [-0.15, -0.1) is 0 Å². The number of carbonyl (C=O) groups excluding carboxylic acids is 1. The van der Waals surface area contributed by atoms with Crippen LogP contribution in [-0.4, -0.2) is 24.3 Å². The molecule has 0 aromatic rings. The van der Waals surface area contributed by atoms with Gasteiger partial charge in [-0.2, -0.15) is 0 Å². The SMILES string of the molecule is CCOC(=O)/C(C)=C(/N)CCO. The maximum absolute atomic E-state index is 11.0. The molecule has 4 heteroatoms. The molecule has 0 aliphatic heterocycles. The Morgan fingerprint density at radius 3 is 2.58 bits per heavy atom. The Labute approximate surface area is 72.0 Å². The number of hydrogen-bond donors (Lipinski definition) is 2. The number of esters is 1. The molecule has 0 aliphatic carbocycles. The smallest absolute Gasteiger partial charge is 0.335 e. The van der Waals surface area contributed by atoms with Crippen LogP contribution < -0.4 is 5.73 Å². The van der Waals surface area contributed by atoms with Crippen molar-refractivity contribution in [3.63, 3.8) is 0 Å². The number of hydrogen-bond acceptors (Lipinski definition) is 4. The highest BCUT2D eigenvalue weighted by molar-refractivity contribution is 5.88. The lowest BCUT2D eigenvalue weighted by Crippen LogP contribution is -2.12. The van der Waals surface area contributed by atoms with Crippen LogP contribution in [0.25, 0.3) is 0 Å². The van der Waals surface area contributed by atoms with E-state index in [9.17, 15) is 4.79 Å². The van der Waals surface area contributed by atoms with Gasteiger partial charge in [0.2, 0.25) is 0 Å². The third-order valence-electron chi connectivity index (χ3n) is 1.44. The van der Waals surface area contributed by atoms with E-state index in [1.807, 2.05) is 0 Å². The van der Waals surface area contributed by atoms with E-state index in [1.54, 1.807) is 13.8 Å². The first-order valence-electron chi connectivity index (χ1n) is 3.86. The third-order valence-corrected chi connectivity index (χ3v) is 1.44. The first kappa shape index (κ1) is 11.0. The molecule has 4 nitrogen and oxygen atoms in total. The lowest BCUT2D eigenvalue weighted by Gasteiger charge is -2.05. The molecule has 70 valence electrons. The zero-order chi connectivity index (χ0) is 9.56. The number of nitrogens with two attached hydrogens (primary N) is 1. The van der Waals surface area contributed by atoms with Gasteiger partial charge in [0.1, 0.15) is 0 Å². The molecule has 0 saturated heterocycles. The van der Waals surface area contributed by atoms with Gasteiger partial charge in [-0.05, 0) is 13.8 Å². The van der Waals surface area contributed by atoms with Crippen molar-refractivity contribution in [3.05, 3.63) is 11.3 Å². The fourth-order valence-corrected chi connectivity index (χ4v) is 0.678. The number of aliphatic hydroxyl groups excluding tert-OH is 1. The largest absolute Gasteiger partial charge is 0.463 e. The number of ether oxygens (including phenoxy) is 1. The van der Waals surface area contributed by atoms with Crippen molar-refractivity contribution < 1.29 is 14.6 Å². The summed E-state index contributed by atoms with van der Waals surface area (Å²) in [6, 6.07) is 0. The number of carbonyl (C=O) groups is 1. The van der Waals surface area contributed by atoms with Gasteiger partial charge in [-0.1, -0.05) is 0 Å². The summed E-state index contributed by atoms with van der Waals surface area (Å²) in [6.07, 6.45) is 0.310. The van der Waals surface area contributed by atoms with Gasteiger partial charge in [0.15, 0.2) is 0 Å². The number of aliphatic hydroxyl groups is 1. The van der Waals surface area contributed by atoms with Crippen LogP contribution in [0.3, 0.4) is 0 Å². The summed E-state index contributed by atoms with van der Waals surface area (Å²) in [5.74, 6) is -0.413. The summed E-state index contributed by atoms with van der Waals surface area (Å²) in [5, 5.41) is 8.53. The molecular formula is C8H15NO3. The molecule has 0 fully saturated rings. The number of rotatable bonds is 4. The Hall–Kier alpha value is -1.03. The van der Waals surface area contributed by atoms with E-state index in [2.05, 4.69) is 0 Å². The monoisotopic (exact) mass is 173 g/mol. The molecule has 0 aromatic heterocycles. The predicted octanol–water partition coefficient (Wildman–Crippen LogP) is 0.165. The molecule has 0 radical (unpaired) electrons. The average molecular weight is 173 g/mol. The lowest BCUT2D eigenvalue weighted by molar-refractivity contribution is -0.138. The summed E-state index contributed by atoms with van der Waals surface area (Å²) in [6.45, 7) is 3.60. The Bertz CT molecular complexity index is 187. The van der Waals surface area contributed by atoms with Crippen LogP contribution in [0.2, 0.25) is 0 Å². The van der Waals surface area contributed by atoms with E-state index >= 15 is 0 Å². The van der Waals surface area contributed by atoms with Gasteiger partial charge in [0.25, 0.3) is 0 Å². The average Bonchev–Trinajstić information content (AvgIpc) is 2.04. The fraction of sp³-hybridized carbons (Fsp3) is 0.625. The maximum atomic E-state index is 11.0. The van der Waals surface area contributed by atoms with Gasteiger partial charge >= 0.3 is 5.97 Å². The van der Waals surface area contributed by atoms with Gasteiger partial charge < -0.3 is 15.6 Å². The van der Waals surface area contributed by atoms with Crippen molar-refractivity contribution in [2.45, 2.75) is 20.3 Å². The Morgan fingerprint density at radius 2 is 2.17 bits per heavy atom. The summed E-state index contributed by atoms with van der Waals surface area (Å²) in [5.41, 5.74) is 6.24. The van der Waals surface area contributed by atoms with Crippen molar-refractivity contribution in [2.24, 2.45) is 5.73 Å². The van der Waals surface area contributed by atoms with Crippen LogP contribution in [0.5, 0.6) is 0 Å². The summed E-state index contributed by atoms with van der Waals surface area (Å²) in [4.78, 5) is 11.0. The molecule has 0 heterocycles. The van der Waals surface area contributed by atoms with Crippen molar-refractivity contribution in [1.29, 1.82) is 0 Å². The molecule has 0 bridgehead atoms. The molecule has 0 amide bonds. The highest BCUT2D eigenvalue weighted by atomic mass is 16.5. The molecular weight excluding hydrogens is 158 g/mol. The van der Waals surface area contributed by atoms with Crippen LogP contribution in [0.15, 0.2) is 11.3 Å². The summed E-state index contributed by atoms with van der Waals surface area (Å²) < 4.78 is 4.71. The van der Waals surface area contributed by atoms with Crippen molar-refractivity contribution >= 4 is 5.97 Å². The minimum Gasteiger partial charge on any atom is -0.463 e. The van der Waals surface area contributed by atoms with Crippen LogP contribution in [0.1, 0.15) is 20.3 Å². The van der Waals surface area contributed by atoms with Crippen LogP contribution in [-0.2, 0) is 9.53 Å². The standard InChI is InChI=1S/C8H15NO3/c1-3-12-8(11)6(2)7(9)4-5-10/h10H,3-5,9H2,1-2H3/b7-6+. The fourth-order valence-electron chi connectivity index (χ4n) is 0.678. The Kier molecular flexibility index (Phi) is 5.12. The normalized spacial score (nSPS) is 12.2. The van der Waals surface area contributed by atoms with E-state index in [0.717, 1.165) is 0 Å². The second-order valence-electron chi connectivity index (χ2n) is 2.34. The second-order valence-corrected chi connectivity index (χ2v) is 2.34. The Balaban J connectivity index is 4.22. The van der Waals surface area contributed by atoms with E-state index < -0.39 is 5.97 Å². The van der Waals surface area contributed by atoms with Crippen molar-refractivity contribution in [1.82, 2.24) is 0 Å². The minimum absolute atomic E-state index is 0.0530. The van der Waals surface area contributed by atoms with Crippen LogP contribution >= 0.6 is 0 Å². The van der Waals surface area contributed by atoms with Gasteiger partial charge in [0.05, 0.1) is 12.2 Å². The van der Waals surface area contributed by atoms with E-state index in [4.69, 9.17) is 15.6 Å². The minimum atomic E-state index is -0.413. The van der Waals surface area contributed by atoms with Crippen LogP contribution in [0.4, 0.5) is 0 Å². The predicted molar refractivity (Wildman–Crippen MR) is 45.2 cm³/mol. The topological polar surface area (TPSA) is 72.5 Å². The van der Waals surface area contributed by atoms with Gasteiger partial charge in [-0.3, -0.25) is 0 Å². The molecule has 0 atom stereocenters. The molecule has 0 spiro atoms. The Morgan fingerprint density at radius 1 is 1.58 bits per heavy atom. The molecule has 0 rings (SSSR count). The molecule has 0 saturated carbocycles. The molecule has 0 aromatic carbocycles. The molecule has 0 unspecified atom stereocenters. The summed E-state index contributed by atoms with van der Waals surface area (Å²) >= 11 is 0. The molecule has 12 heavy (non-hydrogen) atoms. The van der Waals surface area contributed by atoms with E-state index in [0.29, 0.717) is 24.3 Å². The highest BCUT2D eigenvalue weighted by Gasteiger charge is 2.08. The van der Waals surface area contributed by atoms with E-state index in [1.165, 1.54) is 0 Å². The quantitative estimate of drug-likeness (QED) is 0.469. The van der Waals surface area contributed by atoms with Crippen molar-refractivity contribution in [2.75, 3.05) is 13.2 Å². The van der Waals surface area contributed by atoms with Crippen LogP contribution in [0, 0.1) is 0 Å². The maximum Gasteiger partial charge on any atom is 0.335 e. The highest BCUT2D eigenvalue weighted by Crippen LogP contribution is 2.03. The zero-order valence-corrected chi connectivity index (χ0v) is 7.46. The van der Waals surface area contributed by atoms with Gasteiger partial charge in [-0.25, -0.2) is 4.79 Å². The molecule has 0 aliphatic rings. The van der Waals surface area contributed by atoms with E-state index in [-0.39, 0.29) is 6.61 Å². The van der Waals surface area contributed by atoms with Crippen molar-refractivity contribution in [3.8, 4) is 0 Å². The second kappa shape index (κ2) is 5.60.